The minimum absolute atomic E-state index is 0.153. The van der Waals surface area contributed by atoms with Crippen LogP contribution in [0.2, 0.25) is 0 Å². The molecule has 0 aliphatic carbocycles. The van der Waals surface area contributed by atoms with Gasteiger partial charge in [0.2, 0.25) is 0 Å². The van der Waals surface area contributed by atoms with Gasteiger partial charge in [-0.25, -0.2) is 0 Å². The summed E-state index contributed by atoms with van der Waals surface area (Å²) < 4.78 is 1.06. The van der Waals surface area contributed by atoms with Gasteiger partial charge in [-0.2, -0.15) is 0 Å². The molecule has 0 aromatic heterocycles. The van der Waals surface area contributed by atoms with Crippen LogP contribution < -0.4 is 0 Å². The zero-order valence-corrected chi connectivity index (χ0v) is 13.9. The average molecular weight is 340 g/mol. The summed E-state index contributed by atoms with van der Waals surface area (Å²) in [6.45, 7) is 7.66. The first kappa shape index (κ1) is 15.5. The summed E-state index contributed by atoms with van der Waals surface area (Å²) >= 11 is 3.50. The van der Waals surface area contributed by atoms with Crippen molar-refractivity contribution in [1.29, 1.82) is 0 Å². The standard InChI is InChI=1S/C16H22BrNO2/c1-11(2)16(15(19)20)7-8-18(10-16)12(3)13-5-4-6-14(17)9-13/h4-6,9,11-12H,7-8,10H2,1-3H3,(H,19,20). The van der Waals surface area contributed by atoms with Gasteiger partial charge in [0.25, 0.3) is 0 Å². The number of benzene rings is 1. The fourth-order valence-corrected chi connectivity index (χ4v) is 3.48. The number of likely N-dealkylation sites (tertiary alicyclic amines) is 1. The lowest BCUT2D eigenvalue weighted by Gasteiger charge is -2.31. The van der Waals surface area contributed by atoms with Gasteiger partial charge in [0.1, 0.15) is 0 Å². The van der Waals surface area contributed by atoms with Crippen LogP contribution in [-0.2, 0) is 4.79 Å². The number of aliphatic carboxylic acids is 1. The summed E-state index contributed by atoms with van der Waals surface area (Å²) in [6, 6.07) is 8.49. The quantitative estimate of drug-likeness (QED) is 0.902. The van der Waals surface area contributed by atoms with Crippen molar-refractivity contribution in [3.63, 3.8) is 0 Å². The molecule has 110 valence electrons. The van der Waals surface area contributed by atoms with Crippen molar-refractivity contribution in [1.82, 2.24) is 4.90 Å². The molecular formula is C16H22BrNO2. The Morgan fingerprint density at radius 2 is 2.10 bits per heavy atom. The summed E-state index contributed by atoms with van der Waals surface area (Å²) in [5.74, 6) is -0.504. The number of carboxylic acids is 1. The minimum atomic E-state index is -0.656. The van der Waals surface area contributed by atoms with Crippen molar-refractivity contribution in [2.24, 2.45) is 11.3 Å². The van der Waals surface area contributed by atoms with E-state index in [0.717, 1.165) is 17.4 Å². The fraction of sp³-hybridized carbons (Fsp3) is 0.562. The normalized spacial score (nSPS) is 25.1. The van der Waals surface area contributed by atoms with Crippen LogP contribution in [0.3, 0.4) is 0 Å². The second kappa shape index (κ2) is 5.86. The van der Waals surface area contributed by atoms with Gasteiger partial charge in [0, 0.05) is 17.1 Å². The largest absolute Gasteiger partial charge is 0.481 e. The molecule has 1 saturated heterocycles. The van der Waals surface area contributed by atoms with Gasteiger partial charge in [-0.15, -0.1) is 0 Å². The van der Waals surface area contributed by atoms with Crippen LogP contribution in [0.1, 0.15) is 38.8 Å². The summed E-state index contributed by atoms with van der Waals surface area (Å²) in [6.07, 6.45) is 0.734. The lowest BCUT2D eigenvalue weighted by molar-refractivity contribution is -0.151. The van der Waals surface area contributed by atoms with E-state index in [1.807, 2.05) is 26.0 Å². The third kappa shape index (κ3) is 2.77. The smallest absolute Gasteiger partial charge is 0.311 e. The average Bonchev–Trinajstić information content (AvgIpc) is 2.84. The van der Waals surface area contributed by atoms with Crippen LogP contribution in [0.4, 0.5) is 0 Å². The molecule has 1 heterocycles. The van der Waals surface area contributed by atoms with Crippen molar-refractivity contribution < 1.29 is 9.90 Å². The highest BCUT2D eigenvalue weighted by molar-refractivity contribution is 9.10. The molecular weight excluding hydrogens is 318 g/mol. The molecule has 4 heteroatoms. The molecule has 2 unspecified atom stereocenters. The van der Waals surface area contributed by atoms with Crippen LogP contribution >= 0.6 is 15.9 Å². The molecule has 1 aliphatic heterocycles. The highest BCUT2D eigenvalue weighted by Crippen LogP contribution is 2.41. The molecule has 0 bridgehead atoms. The Balaban J connectivity index is 2.18. The maximum absolute atomic E-state index is 11.7. The van der Waals surface area contributed by atoms with Gasteiger partial charge in [-0.3, -0.25) is 9.69 Å². The van der Waals surface area contributed by atoms with E-state index in [9.17, 15) is 9.90 Å². The van der Waals surface area contributed by atoms with Crippen LogP contribution in [0.25, 0.3) is 0 Å². The molecule has 3 nitrogen and oxygen atoms in total. The van der Waals surface area contributed by atoms with E-state index in [1.54, 1.807) is 0 Å². The Bertz CT molecular complexity index is 503. The van der Waals surface area contributed by atoms with Crippen molar-refractivity contribution in [2.75, 3.05) is 13.1 Å². The van der Waals surface area contributed by atoms with Crippen LogP contribution in [0.5, 0.6) is 0 Å². The fourth-order valence-electron chi connectivity index (χ4n) is 3.06. The predicted molar refractivity (Wildman–Crippen MR) is 83.7 cm³/mol. The lowest BCUT2D eigenvalue weighted by atomic mass is 9.76. The van der Waals surface area contributed by atoms with Crippen LogP contribution in [0, 0.1) is 11.3 Å². The first-order chi connectivity index (χ1) is 9.36. The maximum atomic E-state index is 11.7. The molecule has 1 fully saturated rings. The number of rotatable bonds is 4. The first-order valence-electron chi connectivity index (χ1n) is 7.10. The first-order valence-corrected chi connectivity index (χ1v) is 7.89. The number of hydrogen-bond donors (Lipinski definition) is 1. The second-order valence-corrected chi connectivity index (χ2v) is 6.98. The van der Waals surface area contributed by atoms with Gasteiger partial charge < -0.3 is 5.11 Å². The van der Waals surface area contributed by atoms with E-state index in [2.05, 4.69) is 39.9 Å². The minimum Gasteiger partial charge on any atom is -0.481 e. The summed E-state index contributed by atoms with van der Waals surface area (Å²) in [7, 11) is 0. The highest BCUT2D eigenvalue weighted by atomic mass is 79.9. The monoisotopic (exact) mass is 339 g/mol. The maximum Gasteiger partial charge on any atom is 0.311 e. The van der Waals surface area contributed by atoms with E-state index in [1.165, 1.54) is 5.56 Å². The van der Waals surface area contributed by atoms with Crippen LogP contribution in [-0.4, -0.2) is 29.1 Å². The van der Waals surface area contributed by atoms with Gasteiger partial charge in [0.05, 0.1) is 5.41 Å². The molecule has 1 aromatic carbocycles. The molecule has 0 amide bonds. The van der Waals surface area contributed by atoms with Crippen molar-refractivity contribution in [3.05, 3.63) is 34.3 Å². The van der Waals surface area contributed by atoms with Crippen molar-refractivity contribution in [3.8, 4) is 0 Å². The third-order valence-corrected chi connectivity index (χ3v) is 5.23. The number of nitrogens with zero attached hydrogens (tertiary/aromatic N) is 1. The SMILES string of the molecule is CC(c1cccc(Br)c1)N1CCC(C(=O)O)(C(C)C)C1. The summed E-state index contributed by atoms with van der Waals surface area (Å²) in [5.41, 5.74) is 0.629. The molecule has 1 aromatic rings. The van der Waals surface area contributed by atoms with Gasteiger partial charge in [0.15, 0.2) is 0 Å². The second-order valence-electron chi connectivity index (χ2n) is 6.07. The Hall–Kier alpha value is -0.870. The molecule has 0 saturated carbocycles. The van der Waals surface area contributed by atoms with E-state index < -0.39 is 11.4 Å². The topological polar surface area (TPSA) is 40.5 Å². The van der Waals surface area contributed by atoms with Gasteiger partial charge in [-0.05, 0) is 43.5 Å². The van der Waals surface area contributed by atoms with E-state index >= 15 is 0 Å². The van der Waals surface area contributed by atoms with Crippen molar-refractivity contribution >= 4 is 21.9 Å². The Kier molecular flexibility index (Phi) is 4.55. The van der Waals surface area contributed by atoms with Gasteiger partial charge in [-0.1, -0.05) is 41.9 Å². The molecule has 2 rings (SSSR count). The van der Waals surface area contributed by atoms with Crippen LogP contribution in [0.15, 0.2) is 28.7 Å². The zero-order chi connectivity index (χ0) is 14.9. The summed E-state index contributed by atoms with van der Waals surface area (Å²) in [5, 5.41) is 9.61. The Labute approximate surface area is 129 Å². The number of carbonyl (C=O) groups is 1. The predicted octanol–water partition coefficient (Wildman–Crippen LogP) is 3.94. The molecule has 2 atom stereocenters. The van der Waals surface area contributed by atoms with Crippen molar-refractivity contribution in [2.45, 2.75) is 33.2 Å². The molecule has 0 radical (unpaired) electrons. The number of carboxylic acid groups (broad SMARTS) is 1. The zero-order valence-electron chi connectivity index (χ0n) is 12.3. The highest BCUT2D eigenvalue weighted by Gasteiger charge is 2.48. The molecule has 20 heavy (non-hydrogen) atoms. The lowest BCUT2D eigenvalue weighted by Crippen LogP contribution is -2.39. The third-order valence-electron chi connectivity index (χ3n) is 4.74. The number of hydrogen-bond acceptors (Lipinski definition) is 2. The molecule has 1 N–H and O–H groups in total. The van der Waals surface area contributed by atoms with E-state index in [4.69, 9.17) is 0 Å². The Morgan fingerprint density at radius 1 is 1.40 bits per heavy atom. The van der Waals surface area contributed by atoms with Gasteiger partial charge >= 0.3 is 5.97 Å². The van der Waals surface area contributed by atoms with E-state index in [0.29, 0.717) is 6.54 Å². The molecule has 1 aliphatic rings. The number of halogens is 1. The van der Waals surface area contributed by atoms with E-state index in [-0.39, 0.29) is 12.0 Å². The molecule has 0 spiro atoms. The summed E-state index contributed by atoms with van der Waals surface area (Å²) in [4.78, 5) is 14.0. The Morgan fingerprint density at radius 3 is 2.60 bits per heavy atom.